The summed E-state index contributed by atoms with van der Waals surface area (Å²) in [6.45, 7) is 3.70. The summed E-state index contributed by atoms with van der Waals surface area (Å²) in [5, 5.41) is 6.66. The molecule has 126 valence electrons. The summed E-state index contributed by atoms with van der Waals surface area (Å²) in [5.74, 6) is -0.236. The maximum absolute atomic E-state index is 12.1. The number of Topliss-reactive ketones (excluding diaryl/α,β-unsaturated/α-hetero) is 1. The van der Waals surface area contributed by atoms with Crippen molar-refractivity contribution < 1.29 is 9.59 Å². The SMILES string of the molecule is CCNCc1cccc(NC(=O)CCC(=O)c2ccc(Cl)cc2)c1. The van der Waals surface area contributed by atoms with E-state index in [1.54, 1.807) is 24.3 Å². The number of amides is 1. The molecule has 2 N–H and O–H groups in total. The zero-order valence-electron chi connectivity index (χ0n) is 13.6. The van der Waals surface area contributed by atoms with E-state index in [1.165, 1.54) is 0 Å². The van der Waals surface area contributed by atoms with E-state index in [2.05, 4.69) is 10.6 Å². The van der Waals surface area contributed by atoms with Crippen LogP contribution in [-0.2, 0) is 11.3 Å². The molecule has 0 heterocycles. The van der Waals surface area contributed by atoms with Crippen LogP contribution in [-0.4, -0.2) is 18.2 Å². The van der Waals surface area contributed by atoms with Gasteiger partial charge in [0.1, 0.15) is 0 Å². The standard InChI is InChI=1S/C19H21ClN2O2/c1-2-21-13-14-4-3-5-17(12-14)22-19(24)11-10-18(23)15-6-8-16(20)9-7-15/h3-9,12,21H,2,10-11,13H2,1H3,(H,22,24). The van der Waals surface area contributed by atoms with E-state index < -0.39 is 0 Å². The van der Waals surface area contributed by atoms with Crippen LogP contribution in [0.2, 0.25) is 5.02 Å². The number of carbonyl (C=O) groups is 2. The van der Waals surface area contributed by atoms with Gasteiger partial charge in [0.05, 0.1) is 0 Å². The van der Waals surface area contributed by atoms with E-state index in [9.17, 15) is 9.59 Å². The largest absolute Gasteiger partial charge is 0.326 e. The number of ketones is 1. The van der Waals surface area contributed by atoms with Crippen LogP contribution in [0.4, 0.5) is 5.69 Å². The van der Waals surface area contributed by atoms with E-state index in [1.807, 2.05) is 31.2 Å². The van der Waals surface area contributed by atoms with Crippen molar-refractivity contribution in [3.8, 4) is 0 Å². The zero-order chi connectivity index (χ0) is 17.4. The molecule has 4 nitrogen and oxygen atoms in total. The molecule has 2 rings (SSSR count). The number of nitrogens with one attached hydrogen (secondary N) is 2. The molecule has 0 radical (unpaired) electrons. The number of carbonyl (C=O) groups excluding carboxylic acids is 2. The number of hydrogen-bond acceptors (Lipinski definition) is 3. The van der Waals surface area contributed by atoms with Gasteiger partial charge in [-0.15, -0.1) is 0 Å². The summed E-state index contributed by atoms with van der Waals surface area (Å²) in [6, 6.07) is 14.4. The first-order valence-electron chi connectivity index (χ1n) is 7.96. The molecular weight excluding hydrogens is 324 g/mol. The lowest BCUT2D eigenvalue weighted by Crippen LogP contribution is -2.15. The van der Waals surface area contributed by atoms with Gasteiger partial charge in [-0.05, 0) is 48.5 Å². The quantitative estimate of drug-likeness (QED) is 0.710. The Morgan fingerprint density at radius 3 is 2.50 bits per heavy atom. The van der Waals surface area contributed by atoms with Gasteiger partial charge in [-0.25, -0.2) is 0 Å². The third kappa shape index (κ3) is 5.80. The van der Waals surface area contributed by atoms with Gasteiger partial charge in [-0.2, -0.15) is 0 Å². The van der Waals surface area contributed by atoms with Crippen LogP contribution in [0, 0.1) is 0 Å². The fraction of sp³-hybridized carbons (Fsp3) is 0.263. The van der Waals surface area contributed by atoms with Gasteiger partial charge < -0.3 is 10.6 Å². The molecule has 2 aromatic carbocycles. The molecular formula is C19H21ClN2O2. The molecule has 1 amide bonds. The summed E-state index contributed by atoms with van der Waals surface area (Å²) in [5.41, 5.74) is 2.42. The first-order chi connectivity index (χ1) is 11.6. The third-order valence-corrected chi connectivity index (χ3v) is 3.79. The Labute approximate surface area is 147 Å². The summed E-state index contributed by atoms with van der Waals surface area (Å²) in [7, 11) is 0. The molecule has 0 aliphatic heterocycles. The fourth-order valence-corrected chi connectivity index (χ4v) is 2.39. The Morgan fingerprint density at radius 2 is 1.79 bits per heavy atom. The van der Waals surface area contributed by atoms with Crippen LogP contribution in [0.5, 0.6) is 0 Å². The molecule has 0 saturated heterocycles. The van der Waals surface area contributed by atoms with Crippen molar-refractivity contribution in [3.05, 3.63) is 64.7 Å². The number of benzene rings is 2. The number of anilines is 1. The van der Waals surface area contributed by atoms with Crippen molar-refractivity contribution >= 4 is 29.0 Å². The molecule has 0 bridgehead atoms. The lowest BCUT2D eigenvalue weighted by molar-refractivity contribution is -0.116. The average Bonchev–Trinajstić information content (AvgIpc) is 2.59. The number of hydrogen-bond donors (Lipinski definition) is 2. The average molecular weight is 345 g/mol. The first-order valence-corrected chi connectivity index (χ1v) is 8.34. The van der Waals surface area contributed by atoms with Crippen molar-refractivity contribution in [2.45, 2.75) is 26.3 Å². The molecule has 24 heavy (non-hydrogen) atoms. The second kappa shape index (κ2) is 9.21. The molecule has 0 aromatic heterocycles. The van der Waals surface area contributed by atoms with Gasteiger partial charge in [0.15, 0.2) is 5.78 Å². The van der Waals surface area contributed by atoms with E-state index >= 15 is 0 Å². The predicted octanol–water partition coefficient (Wildman–Crippen LogP) is 4.05. The molecule has 0 spiro atoms. The van der Waals surface area contributed by atoms with Crippen molar-refractivity contribution in [2.24, 2.45) is 0 Å². The fourth-order valence-electron chi connectivity index (χ4n) is 2.26. The Bertz CT molecular complexity index is 699. The molecule has 0 fully saturated rings. The van der Waals surface area contributed by atoms with Gasteiger partial charge in [0.25, 0.3) is 0 Å². The molecule has 5 heteroatoms. The van der Waals surface area contributed by atoms with Crippen LogP contribution in [0.1, 0.15) is 35.7 Å². The molecule has 0 aliphatic rings. The topological polar surface area (TPSA) is 58.2 Å². The molecule has 0 aliphatic carbocycles. The van der Waals surface area contributed by atoms with Crippen molar-refractivity contribution in [2.75, 3.05) is 11.9 Å². The highest BCUT2D eigenvalue weighted by Gasteiger charge is 2.10. The highest BCUT2D eigenvalue weighted by molar-refractivity contribution is 6.30. The third-order valence-electron chi connectivity index (χ3n) is 3.54. The number of halogens is 1. The van der Waals surface area contributed by atoms with Gasteiger partial charge in [0.2, 0.25) is 5.91 Å². The van der Waals surface area contributed by atoms with Gasteiger partial charge in [-0.3, -0.25) is 9.59 Å². The second-order valence-electron chi connectivity index (χ2n) is 5.46. The normalized spacial score (nSPS) is 10.4. The van der Waals surface area contributed by atoms with Gasteiger partial charge >= 0.3 is 0 Å². The van der Waals surface area contributed by atoms with Crippen molar-refractivity contribution in [3.63, 3.8) is 0 Å². The summed E-state index contributed by atoms with van der Waals surface area (Å²) < 4.78 is 0. The van der Waals surface area contributed by atoms with E-state index in [-0.39, 0.29) is 24.5 Å². The lowest BCUT2D eigenvalue weighted by Gasteiger charge is -2.08. The first kappa shape index (κ1) is 18.2. The Balaban J connectivity index is 1.84. The smallest absolute Gasteiger partial charge is 0.224 e. The second-order valence-corrected chi connectivity index (χ2v) is 5.90. The van der Waals surface area contributed by atoms with Crippen LogP contribution in [0.25, 0.3) is 0 Å². The molecule has 0 unspecified atom stereocenters. The van der Waals surface area contributed by atoms with Crippen LogP contribution in [0.15, 0.2) is 48.5 Å². The number of rotatable bonds is 8. The van der Waals surface area contributed by atoms with Crippen LogP contribution >= 0.6 is 11.6 Å². The highest BCUT2D eigenvalue weighted by atomic mass is 35.5. The minimum Gasteiger partial charge on any atom is -0.326 e. The summed E-state index contributed by atoms with van der Waals surface area (Å²) in [4.78, 5) is 24.1. The van der Waals surface area contributed by atoms with Gasteiger partial charge in [-0.1, -0.05) is 30.7 Å². The minimum atomic E-state index is -0.169. The maximum atomic E-state index is 12.1. The molecule has 0 saturated carbocycles. The lowest BCUT2D eigenvalue weighted by atomic mass is 10.1. The summed E-state index contributed by atoms with van der Waals surface area (Å²) >= 11 is 5.80. The summed E-state index contributed by atoms with van der Waals surface area (Å²) in [6.07, 6.45) is 0.323. The maximum Gasteiger partial charge on any atom is 0.224 e. The highest BCUT2D eigenvalue weighted by Crippen LogP contribution is 2.14. The minimum absolute atomic E-state index is 0.0669. The molecule has 2 aromatic rings. The van der Waals surface area contributed by atoms with Crippen LogP contribution in [0.3, 0.4) is 0 Å². The van der Waals surface area contributed by atoms with E-state index in [0.717, 1.165) is 24.3 Å². The predicted molar refractivity (Wildman–Crippen MR) is 97.5 cm³/mol. The monoisotopic (exact) mass is 344 g/mol. The van der Waals surface area contributed by atoms with Crippen molar-refractivity contribution in [1.82, 2.24) is 5.32 Å². The van der Waals surface area contributed by atoms with E-state index in [0.29, 0.717) is 10.6 Å². The van der Waals surface area contributed by atoms with Crippen molar-refractivity contribution in [1.29, 1.82) is 0 Å². The van der Waals surface area contributed by atoms with E-state index in [4.69, 9.17) is 11.6 Å². The Hall–Kier alpha value is -2.17. The Kier molecular flexibility index (Phi) is 6.97. The Morgan fingerprint density at radius 1 is 1.04 bits per heavy atom. The van der Waals surface area contributed by atoms with Crippen LogP contribution < -0.4 is 10.6 Å². The zero-order valence-corrected chi connectivity index (χ0v) is 14.4. The molecule has 0 atom stereocenters. The van der Waals surface area contributed by atoms with Gasteiger partial charge in [0, 0.05) is 35.7 Å².